The number of aromatic nitrogens is 2. The maximum absolute atomic E-state index is 12.3. The maximum atomic E-state index is 12.3. The number of nitrogens with zero attached hydrogens (tertiary/aromatic N) is 4. The van der Waals surface area contributed by atoms with Crippen molar-refractivity contribution in [1.82, 2.24) is 19.2 Å². The fourth-order valence-corrected chi connectivity index (χ4v) is 4.31. The highest BCUT2D eigenvalue weighted by Gasteiger charge is 2.31. The van der Waals surface area contributed by atoms with Crippen molar-refractivity contribution in [2.75, 3.05) is 31.1 Å². The van der Waals surface area contributed by atoms with Crippen LogP contribution in [0.4, 0.5) is 6.01 Å². The van der Waals surface area contributed by atoms with Crippen LogP contribution in [0.1, 0.15) is 31.6 Å². The van der Waals surface area contributed by atoms with Gasteiger partial charge in [0.05, 0.1) is 0 Å². The molecular weight excluding hydrogens is 294 g/mol. The molecule has 0 spiro atoms. The van der Waals surface area contributed by atoms with Gasteiger partial charge in [-0.2, -0.15) is 17.4 Å². The number of hydrogen-bond donors (Lipinski definition) is 1. The van der Waals surface area contributed by atoms with Crippen molar-refractivity contribution in [3.63, 3.8) is 0 Å². The number of anilines is 1. The highest BCUT2D eigenvalue weighted by atomic mass is 32.2. The number of piperazine rings is 1. The smallest absolute Gasteiger partial charge is 0.318 e. The third-order valence-corrected chi connectivity index (χ3v) is 5.71. The van der Waals surface area contributed by atoms with Gasteiger partial charge in [-0.15, -0.1) is 5.10 Å². The van der Waals surface area contributed by atoms with Crippen LogP contribution in [0.3, 0.4) is 0 Å². The van der Waals surface area contributed by atoms with E-state index >= 15 is 0 Å². The second-order valence-electron chi connectivity index (χ2n) is 5.59. The molecule has 1 aliphatic carbocycles. The monoisotopic (exact) mass is 315 g/mol. The Hall–Kier alpha value is -1.19. The standard InChI is InChI=1S/C12H21N5O3S/c1-10-13-14-12(20-10)16-6-8-17(9-7-16)21(18,19)15-11-4-2-3-5-11/h11,15H,2-9H2,1H3. The quantitative estimate of drug-likeness (QED) is 0.858. The Labute approximate surface area is 124 Å². The first kappa shape index (κ1) is 14.7. The molecule has 0 aromatic carbocycles. The van der Waals surface area contributed by atoms with Crippen molar-refractivity contribution < 1.29 is 12.8 Å². The molecule has 0 bridgehead atoms. The fourth-order valence-electron chi connectivity index (χ4n) is 2.86. The normalized spacial score (nSPS) is 22.0. The van der Waals surface area contributed by atoms with E-state index in [0.29, 0.717) is 38.1 Å². The summed E-state index contributed by atoms with van der Waals surface area (Å²) in [5.41, 5.74) is 0. The summed E-state index contributed by atoms with van der Waals surface area (Å²) in [6, 6.07) is 0.569. The molecule has 2 fully saturated rings. The highest BCUT2D eigenvalue weighted by molar-refractivity contribution is 7.87. The zero-order chi connectivity index (χ0) is 14.9. The molecule has 2 aliphatic rings. The van der Waals surface area contributed by atoms with Crippen molar-refractivity contribution in [3.05, 3.63) is 5.89 Å². The second-order valence-corrected chi connectivity index (χ2v) is 7.30. The van der Waals surface area contributed by atoms with Gasteiger partial charge in [0.2, 0.25) is 5.89 Å². The predicted octanol–water partition coefficient (Wildman–Crippen LogP) is 0.277. The summed E-state index contributed by atoms with van der Waals surface area (Å²) in [4.78, 5) is 1.92. The Morgan fingerprint density at radius 1 is 1.14 bits per heavy atom. The average Bonchev–Trinajstić information content (AvgIpc) is 3.10. The molecule has 118 valence electrons. The summed E-state index contributed by atoms with van der Waals surface area (Å²) < 4.78 is 34.4. The molecule has 1 aliphatic heterocycles. The van der Waals surface area contributed by atoms with Gasteiger partial charge in [-0.3, -0.25) is 0 Å². The molecule has 1 saturated heterocycles. The molecule has 1 aromatic rings. The van der Waals surface area contributed by atoms with E-state index in [1.54, 1.807) is 6.92 Å². The molecule has 1 saturated carbocycles. The van der Waals surface area contributed by atoms with Gasteiger partial charge in [0.1, 0.15) is 0 Å². The van der Waals surface area contributed by atoms with E-state index in [1.165, 1.54) is 4.31 Å². The zero-order valence-electron chi connectivity index (χ0n) is 12.2. The Kier molecular flexibility index (Phi) is 4.14. The van der Waals surface area contributed by atoms with Gasteiger partial charge < -0.3 is 9.32 Å². The van der Waals surface area contributed by atoms with Crippen LogP contribution in [-0.2, 0) is 10.2 Å². The van der Waals surface area contributed by atoms with Crippen LogP contribution in [0.25, 0.3) is 0 Å². The van der Waals surface area contributed by atoms with E-state index in [4.69, 9.17) is 4.42 Å². The van der Waals surface area contributed by atoms with Crippen molar-refractivity contribution in [2.45, 2.75) is 38.6 Å². The fraction of sp³-hybridized carbons (Fsp3) is 0.833. The topological polar surface area (TPSA) is 91.6 Å². The lowest BCUT2D eigenvalue weighted by Gasteiger charge is -2.33. The first-order valence-electron chi connectivity index (χ1n) is 7.37. The van der Waals surface area contributed by atoms with Crippen molar-refractivity contribution in [1.29, 1.82) is 0 Å². The van der Waals surface area contributed by atoms with Gasteiger partial charge in [-0.05, 0) is 12.8 Å². The molecule has 0 unspecified atom stereocenters. The van der Waals surface area contributed by atoms with Gasteiger partial charge in [0, 0.05) is 39.1 Å². The van der Waals surface area contributed by atoms with E-state index in [1.807, 2.05) is 4.90 Å². The van der Waals surface area contributed by atoms with Crippen LogP contribution in [0, 0.1) is 6.92 Å². The zero-order valence-corrected chi connectivity index (χ0v) is 13.0. The Morgan fingerprint density at radius 3 is 2.38 bits per heavy atom. The van der Waals surface area contributed by atoms with Gasteiger partial charge in [-0.1, -0.05) is 17.9 Å². The first-order chi connectivity index (χ1) is 10.0. The van der Waals surface area contributed by atoms with E-state index in [9.17, 15) is 8.42 Å². The SMILES string of the molecule is Cc1nnc(N2CCN(S(=O)(=O)NC3CCCC3)CC2)o1. The van der Waals surface area contributed by atoms with Crippen LogP contribution < -0.4 is 9.62 Å². The summed E-state index contributed by atoms with van der Waals surface area (Å²) in [6.45, 7) is 3.73. The minimum Gasteiger partial charge on any atom is -0.408 e. The van der Waals surface area contributed by atoms with Gasteiger partial charge in [0.25, 0.3) is 10.2 Å². The molecular formula is C12H21N5O3S. The lowest BCUT2D eigenvalue weighted by molar-refractivity contribution is 0.361. The Morgan fingerprint density at radius 2 is 1.81 bits per heavy atom. The maximum Gasteiger partial charge on any atom is 0.318 e. The first-order valence-corrected chi connectivity index (χ1v) is 8.81. The van der Waals surface area contributed by atoms with Crippen LogP contribution in [0.15, 0.2) is 4.42 Å². The second kappa shape index (κ2) is 5.90. The molecule has 9 heteroatoms. The number of aryl methyl sites for hydroxylation is 1. The Balaban J connectivity index is 1.57. The van der Waals surface area contributed by atoms with Gasteiger partial charge in [0.15, 0.2) is 0 Å². The van der Waals surface area contributed by atoms with Crippen LogP contribution in [0.2, 0.25) is 0 Å². The molecule has 1 aromatic heterocycles. The van der Waals surface area contributed by atoms with E-state index in [0.717, 1.165) is 25.7 Å². The number of nitrogens with one attached hydrogen (secondary N) is 1. The highest BCUT2D eigenvalue weighted by Crippen LogP contribution is 2.20. The van der Waals surface area contributed by atoms with Gasteiger partial charge in [-0.25, -0.2) is 0 Å². The third-order valence-electron chi connectivity index (χ3n) is 4.04. The van der Waals surface area contributed by atoms with E-state index in [-0.39, 0.29) is 6.04 Å². The minimum atomic E-state index is -3.38. The van der Waals surface area contributed by atoms with Crippen molar-refractivity contribution in [3.8, 4) is 0 Å². The van der Waals surface area contributed by atoms with Gasteiger partial charge >= 0.3 is 6.01 Å². The van der Waals surface area contributed by atoms with Crippen molar-refractivity contribution in [2.24, 2.45) is 0 Å². The van der Waals surface area contributed by atoms with E-state index < -0.39 is 10.2 Å². The summed E-state index contributed by atoms with van der Waals surface area (Å²) in [5.74, 6) is 0.517. The number of hydrogen-bond acceptors (Lipinski definition) is 6. The van der Waals surface area contributed by atoms with E-state index in [2.05, 4.69) is 14.9 Å². The summed E-state index contributed by atoms with van der Waals surface area (Å²) in [7, 11) is -3.38. The Bertz CT molecular complexity index is 573. The molecule has 0 radical (unpaired) electrons. The largest absolute Gasteiger partial charge is 0.408 e. The molecule has 2 heterocycles. The van der Waals surface area contributed by atoms with Crippen LogP contribution in [-0.4, -0.2) is 55.1 Å². The van der Waals surface area contributed by atoms with Crippen LogP contribution in [0.5, 0.6) is 0 Å². The number of rotatable bonds is 4. The molecule has 21 heavy (non-hydrogen) atoms. The minimum absolute atomic E-state index is 0.103. The van der Waals surface area contributed by atoms with Crippen molar-refractivity contribution >= 4 is 16.2 Å². The summed E-state index contributed by atoms with van der Waals surface area (Å²) in [5, 5.41) is 7.76. The lowest BCUT2D eigenvalue weighted by atomic mass is 10.3. The summed E-state index contributed by atoms with van der Waals surface area (Å²) >= 11 is 0. The predicted molar refractivity (Wildman–Crippen MR) is 77.1 cm³/mol. The van der Waals surface area contributed by atoms with Crippen LogP contribution >= 0.6 is 0 Å². The molecule has 1 N–H and O–H groups in total. The summed E-state index contributed by atoms with van der Waals surface area (Å²) in [6.07, 6.45) is 4.11. The lowest BCUT2D eigenvalue weighted by Crippen LogP contribution is -2.53. The molecule has 0 amide bonds. The molecule has 3 rings (SSSR count). The average molecular weight is 315 g/mol. The third kappa shape index (κ3) is 3.35. The molecule has 0 atom stereocenters. The molecule has 8 nitrogen and oxygen atoms in total.